The highest BCUT2D eigenvalue weighted by molar-refractivity contribution is 7.99. The third-order valence-electron chi connectivity index (χ3n) is 3.48. The fourth-order valence-corrected chi connectivity index (χ4v) is 3.54. The van der Waals surface area contributed by atoms with Crippen LogP contribution in [0.5, 0.6) is 0 Å². The van der Waals surface area contributed by atoms with Gasteiger partial charge < -0.3 is 16.0 Å². The summed E-state index contributed by atoms with van der Waals surface area (Å²) in [5.41, 5.74) is 0.384. The minimum Gasteiger partial charge on any atom is -0.355 e. The lowest BCUT2D eigenvalue weighted by atomic mass is 10.3. The zero-order valence-corrected chi connectivity index (χ0v) is 17.5. The lowest BCUT2D eigenvalue weighted by Crippen LogP contribution is -2.15. The number of thioether (sulfide) groups is 1. The Balaban J connectivity index is 1.78. The molecule has 0 radical (unpaired) electrons. The summed E-state index contributed by atoms with van der Waals surface area (Å²) in [5, 5.41) is 18.4. The average Bonchev–Trinajstić information content (AvgIpc) is 3.07. The molecule has 0 fully saturated rings. The van der Waals surface area contributed by atoms with Crippen LogP contribution in [-0.2, 0) is 4.79 Å². The van der Waals surface area contributed by atoms with Crippen molar-refractivity contribution in [3.8, 4) is 0 Å². The molecule has 0 aliphatic carbocycles. The van der Waals surface area contributed by atoms with E-state index in [1.807, 2.05) is 13.8 Å². The molecule has 3 aromatic rings. The van der Waals surface area contributed by atoms with Crippen LogP contribution in [0.3, 0.4) is 0 Å². The van der Waals surface area contributed by atoms with Gasteiger partial charge in [-0.3, -0.25) is 4.79 Å². The minimum absolute atomic E-state index is 0.0862. The van der Waals surface area contributed by atoms with Crippen molar-refractivity contribution in [2.24, 2.45) is 0 Å². The summed E-state index contributed by atoms with van der Waals surface area (Å²) in [5.74, 6) is 1.21. The summed E-state index contributed by atoms with van der Waals surface area (Å²) in [6.07, 6.45) is 0. The second-order valence-electron chi connectivity index (χ2n) is 5.48. The number of aromatic nitrogens is 5. The van der Waals surface area contributed by atoms with Gasteiger partial charge in [0.25, 0.3) is 5.78 Å². The molecule has 1 aromatic carbocycles. The van der Waals surface area contributed by atoms with Crippen molar-refractivity contribution >= 4 is 64.2 Å². The minimum atomic E-state index is -0.271. The first-order valence-corrected chi connectivity index (χ1v) is 10.2. The van der Waals surface area contributed by atoms with Crippen molar-refractivity contribution in [2.45, 2.75) is 19.0 Å². The molecule has 0 spiro atoms. The highest BCUT2D eigenvalue weighted by Crippen LogP contribution is 2.30. The van der Waals surface area contributed by atoms with E-state index in [0.717, 1.165) is 0 Å². The number of hydrogen-bond acceptors (Lipinski definition) is 8. The highest BCUT2D eigenvalue weighted by Gasteiger charge is 2.16. The summed E-state index contributed by atoms with van der Waals surface area (Å²) in [7, 11) is 0. The molecule has 12 heteroatoms. The van der Waals surface area contributed by atoms with Crippen LogP contribution in [0.1, 0.15) is 13.8 Å². The Morgan fingerprint density at radius 1 is 1.11 bits per heavy atom. The number of nitrogens with zero attached hydrogens (tertiary/aromatic N) is 5. The monoisotopic (exact) mass is 440 g/mol. The number of nitrogens with one attached hydrogen (secondary N) is 3. The quantitative estimate of drug-likeness (QED) is 0.457. The van der Waals surface area contributed by atoms with E-state index in [1.54, 1.807) is 22.6 Å². The number of para-hydroxylation sites is 1. The number of amides is 1. The molecule has 0 atom stereocenters. The number of hydrogen-bond donors (Lipinski definition) is 3. The first-order valence-electron chi connectivity index (χ1n) is 8.51. The van der Waals surface area contributed by atoms with Crippen LogP contribution in [0.2, 0.25) is 10.0 Å². The van der Waals surface area contributed by atoms with E-state index in [-0.39, 0.29) is 11.7 Å². The van der Waals surface area contributed by atoms with Crippen molar-refractivity contribution in [1.29, 1.82) is 0 Å². The van der Waals surface area contributed by atoms with Gasteiger partial charge in [-0.05, 0) is 26.0 Å². The molecule has 148 valence electrons. The first kappa shape index (κ1) is 20.4. The lowest BCUT2D eigenvalue weighted by molar-refractivity contribution is -0.113. The third-order valence-corrected chi connectivity index (χ3v) is 5.03. The molecule has 0 unspecified atom stereocenters. The smallest absolute Gasteiger partial charge is 0.261 e. The molecule has 0 aliphatic heterocycles. The van der Waals surface area contributed by atoms with Crippen LogP contribution in [0, 0.1) is 0 Å². The Morgan fingerprint density at radius 3 is 2.50 bits per heavy atom. The summed E-state index contributed by atoms with van der Waals surface area (Å²) >= 11 is 13.4. The normalized spacial score (nSPS) is 10.9. The molecule has 1 amide bonds. The zero-order valence-electron chi connectivity index (χ0n) is 15.2. The molecule has 0 aliphatic rings. The summed E-state index contributed by atoms with van der Waals surface area (Å²) in [4.78, 5) is 21.1. The van der Waals surface area contributed by atoms with Crippen molar-refractivity contribution < 1.29 is 4.79 Å². The molecule has 3 N–H and O–H groups in total. The number of rotatable bonds is 8. The highest BCUT2D eigenvalue weighted by atomic mass is 35.5. The van der Waals surface area contributed by atoms with Crippen LogP contribution < -0.4 is 16.0 Å². The van der Waals surface area contributed by atoms with E-state index in [1.165, 1.54) is 11.8 Å². The van der Waals surface area contributed by atoms with Gasteiger partial charge in [0.1, 0.15) is 0 Å². The number of fused-ring (bicyclic) bond motifs is 1. The molecular weight excluding hydrogens is 423 g/mol. The molecule has 2 heterocycles. The number of anilines is 3. The van der Waals surface area contributed by atoms with Gasteiger partial charge in [-0.15, -0.1) is 10.2 Å². The fraction of sp³-hybridized carbons (Fsp3) is 0.312. The van der Waals surface area contributed by atoms with Gasteiger partial charge in [0.15, 0.2) is 5.16 Å². The van der Waals surface area contributed by atoms with Gasteiger partial charge in [0, 0.05) is 13.1 Å². The number of benzene rings is 1. The van der Waals surface area contributed by atoms with Gasteiger partial charge in [-0.25, -0.2) is 4.40 Å². The molecular formula is C16H18Cl2N8OS. The van der Waals surface area contributed by atoms with Gasteiger partial charge in [0.2, 0.25) is 17.8 Å². The van der Waals surface area contributed by atoms with Crippen LogP contribution in [0.25, 0.3) is 5.78 Å². The van der Waals surface area contributed by atoms with Crippen molar-refractivity contribution in [1.82, 2.24) is 24.6 Å². The zero-order chi connectivity index (χ0) is 20.1. The fourth-order valence-electron chi connectivity index (χ4n) is 2.32. The second kappa shape index (κ2) is 9.26. The van der Waals surface area contributed by atoms with Gasteiger partial charge in [-0.2, -0.15) is 9.97 Å². The van der Waals surface area contributed by atoms with Crippen molar-refractivity contribution in [2.75, 3.05) is 34.8 Å². The number of carbonyl (C=O) groups excluding carboxylic acids is 1. The van der Waals surface area contributed by atoms with Gasteiger partial charge >= 0.3 is 0 Å². The Kier molecular flexibility index (Phi) is 6.76. The second-order valence-corrected chi connectivity index (χ2v) is 7.24. The first-order chi connectivity index (χ1) is 13.5. The van der Waals surface area contributed by atoms with E-state index in [4.69, 9.17) is 23.2 Å². The van der Waals surface area contributed by atoms with E-state index in [0.29, 0.717) is 51.7 Å². The maximum atomic E-state index is 12.3. The van der Waals surface area contributed by atoms with E-state index >= 15 is 0 Å². The molecule has 0 saturated heterocycles. The summed E-state index contributed by atoms with van der Waals surface area (Å²) in [6.45, 7) is 5.25. The Hall–Kier alpha value is -2.30. The van der Waals surface area contributed by atoms with E-state index < -0.39 is 0 Å². The molecule has 9 nitrogen and oxygen atoms in total. The molecule has 0 saturated carbocycles. The Labute approximate surface area is 175 Å². The average molecular weight is 441 g/mol. The SMILES string of the molecule is CCNc1nc(NCC)n2c(SCC(=O)Nc3c(Cl)cccc3Cl)nnc2n1. The van der Waals surface area contributed by atoms with Crippen LogP contribution >= 0.6 is 35.0 Å². The van der Waals surface area contributed by atoms with Gasteiger partial charge in [-0.1, -0.05) is 41.0 Å². The standard InChI is InChI=1S/C16H18Cl2N8OS/c1-3-19-13-22-14(20-4-2)26-15(23-13)24-25-16(26)28-8-11(27)21-12-9(17)6-5-7-10(12)18/h5-7H,3-4,8H2,1-2H3,(H,21,27)(H2,19,20,22,23,24). The topological polar surface area (TPSA) is 109 Å². The van der Waals surface area contributed by atoms with Crippen LogP contribution in [-0.4, -0.2) is 49.3 Å². The predicted octanol–water partition coefficient (Wildman–Crippen LogP) is 3.42. The maximum absolute atomic E-state index is 12.3. The van der Waals surface area contributed by atoms with E-state index in [2.05, 4.69) is 36.1 Å². The Morgan fingerprint density at radius 2 is 1.82 bits per heavy atom. The van der Waals surface area contributed by atoms with Crippen LogP contribution in [0.4, 0.5) is 17.6 Å². The maximum Gasteiger partial charge on any atom is 0.261 e. The number of carbonyl (C=O) groups is 1. The lowest BCUT2D eigenvalue weighted by Gasteiger charge is -2.10. The number of halogens is 2. The van der Waals surface area contributed by atoms with Gasteiger partial charge in [0.05, 0.1) is 21.5 Å². The Bertz CT molecular complexity index is 976. The van der Waals surface area contributed by atoms with Crippen molar-refractivity contribution in [3.05, 3.63) is 28.2 Å². The molecule has 2 aromatic heterocycles. The van der Waals surface area contributed by atoms with Crippen LogP contribution in [0.15, 0.2) is 23.4 Å². The third kappa shape index (κ3) is 4.57. The largest absolute Gasteiger partial charge is 0.355 e. The summed E-state index contributed by atoms with van der Waals surface area (Å²) < 4.78 is 1.67. The predicted molar refractivity (Wildman–Crippen MR) is 113 cm³/mol. The summed E-state index contributed by atoms with van der Waals surface area (Å²) in [6, 6.07) is 5.02. The molecule has 3 rings (SSSR count). The molecule has 28 heavy (non-hydrogen) atoms. The molecule has 0 bridgehead atoms. The van der Waals surface area contributed by atoms with E-state index in [9.17, 15) is 4.79 Å². The van der Waals surface area contributed by atoms with Crippen molar-refractivity contribution in [3.63, 3.8) is 0 Å².